The molecule has 0 radical (unpaired) electrons. The van der Waals surface area contributed by atoms with Crippen LogP contribution in [0.5, 0.6) is 0 Å². The summed E-state index contributed by atoms with van der Waals surface area (Å²) in [6, 6.07) is 9.82. The van der Waals surface area contributed by atoms with Crippen molar-refractivity contribution in [2.75, 3.05) is 0 Å². The van der Waals surface area contributed by atoms with Gasteiger partial charge in [-0.15, -0.1) is 11.3 Å². The summed E-state index contributed by atoms with van der Waals surface area (Å²) in [6.07, 6.45) is 2.84. The molecule has 0 bridgehead atoms. The first-order valence-corrected chi connectivity index (χ1v) is 9.05. The number of benzene rings is 1. The predicted octanol–water partition coefficient (Wildman–Crippen LogP) is 2.98. The lowest BCUT2D eigenvalue weighted by Crippen LogP contribution is -2.30. The van der Waals surface area contributed by atoms with Crippen LogP contribution in [0.1, 0.15) is 34.9 Å². The highest BCUT2D eigenvalue weighted by atomic mass is 32.2. The summed E-state index contributed by atoms with van der Waals surface area (Å²) in [7, 11) is -3.56. The van der Waals surface area contributed by atoms with Gasteiger partial charge in [-0.1, -0.05) is 0 Å². The molecule has 1 atom stereocenters. The lowest BCUT2D eigenvalue weighted by molar-refractivity contribution is 0.511. The second kappa shape index (κ2) is 5.60. The molecule has 6 heteroatoms. The molecule has 0 amide bonds. The van der Waals surface area contributed by atoms with Crippen molar-refractivity contribution >= 4 is 21.4 Å². The topological polar surface area (TPSA) is 70.0 Å². The van der Waals surface area contributed by atoms with E-state index in [0.29, 0.717) is 5.56 Å². The second-order valence-corrected chi connectivity index (χ2v) is 7.72. The van der Waals surface area contributed by atoms with Gasteiger partial charge in [-0.25, -0.2) is 13.1 Å². The molecule has 1 unspecified atom stereocenters. The van der Waals surface area contributed by atoms with Gasteiger partial charge in [0.1, 0.15) is 0 Å². The second-order valence-electron chi connectivity index (χ2n) is 5.00. The average molecular weight is 318 g/mol. The van der Waals surface area contributed by atoms with Crippen LogP contribution in [0.15, 0.2) is 40.6 Å². The first kappa shape index (κ1) is 14.3. The summed E-state index contributed by atoms with van der Waals surface area (Å²) < 4.78 is 27.7. The Morgan fingerprint density at radius 3 is 2.71 bits per heavy atom. The van der Waals surface area contributed by atoms with Crippen LogP contribution in [0, 0.1) is 11.3 Å². The third-order valence-corrected chi connectivity index (χ3v) is 6.13. The number of rotatable bonds is 3. The van der Waals surface area contributed by atoms with Crippen LogP contribution >= 0.6 is 11.3 Å². The maximum absolute atomic E-state index is 12.4. The maximum atomic E-state index is 12.4. The summed E-state index contributed by atoms with van der Waals surface area (Å²) in [5.41, 5.74) is 1.55. The van der Waals surface area contributed by atoms with Gasteiger partial charge >= 0.3 is 0 Å². The highest BCUT2D eigenvalue weighted by Crippen LogP contribution is 2.34. The molecule has 21 heavy (non-hydrogen) atoms. The van der Waals surface area contributed by atoms with Crippen molar-refractivity contribution < 1.29 is 8.42 Å². The van der Waals surface area contributed by atoms with Gasteiger partial charge in [-0.3, -0.25) is 0 Å². The summed E-state index contributed by atoms with van der Waals surface area (Å²) in [6.45, 7) is 0. The van der Waals surface area contributed by atoms with Gasteiger partial charge in [-0.05, 0) is 60.5 Å². The summed E-state index contributed by atoms with van der Waals surface area (Å²) in [4.78, 5) is 1.47. The van der Waals surface area contributed by atoms with Crippen molar-refractivity contribution in [2.24, 2.45) is 0 Å². The van der Waals surface area contributed by atoms with Gasteiger partial charge < -0.3 is 0 Å². The van der Waals surface area contributed by atoms with E-state index in [1.54, 1.807) is 11.3 Å². The monoisotopic (exact) mass is 318 g/mol. The lowest BCUT2D eigenvalue weighted by Gasteiger charge is -2.23. The Balaban J connectivity index is 1.86. The molecular weight excluding hydrogens is 304 g/mol. The van der Waals surface area contributed by atoms with Crippen LogP contribution in [0.3, 0.4) is 0 Å². The molecule has 1 aliphatic rings. The molecule has 0 spiro atoms. The fourth-order valence-electron chi connectivity index (χ4n) is 2.57. The molecule has 1 aliphatic carbocycles. The Morgan fingerprint density at radius 2 is 2.00 bits per heavy atom. The van der Waals surface area contributed by atoms with Gasteiger partial charge in [0.15, 0.2) is 0 Å². The van der Waals surface area contributed by atoms with Gasteiger partial charge in [0.05, 0.1) is 16.5 Å². The molecule has 1 aromatic heterocycles. The van der Waals surface area contributed by atoms with E-state index in [0.717, 1.165) is 24.8 Å². The number of nitriles is 1. The van der Waals surface area contributed by atoms with Crippen molar-refractivity contribution in [3.63, 3.8) is 0 Å². The van der Waals surface area contributed by atoms with Gasteiger partial charge in [0, 0.05) is 10.9 Å². The Bertz CT molecular complexity index is 786. The molecule has 3 rings (SSSR count). The predicted molar refractivity (Wildman–Crippen MR) is 81.5 cm³/mol. The van der Waals surface area contributed by atoms with E-state index in [1.165, 1.54) is 29.1 Å². The zero-order chi connectivity index (χ0) is 14.9. The third kappa shape index (κ3) is 2.86. The number of hydrogen-bond acceptors (Lipinski definition) is 4. The smallest absolute Gasteiger partial charge is 0.207 e. The van der Waals surface area contributed by atoms with Crippen LogP contribution in [0.4, 0.5) is 0 Å². The van der Waals surface area contributed by atoms with Crippen LogP contribution in [0.2, 0.25) is 0 Å². The number of fused-ring (bicyclic) bond motifs is 1. The van der Waals surface area contributed by atoms with E-state index >= 15 is 0 Å². The molecule has 2 aromatic rings. The fourth-order valence-corrected chi connectivity index (χ4v) is 4.81. The Morgan fingerprint density at radius 1 is 1.24 bits per heavy atom. The largest absolute Gasteiger partial charge is 0.241 e. The molecule has 0 fully saturated rings. The average Bonchev–Trinajstić information content (AvgIpc) is 2.97. The number of aryl methyl sites for hydroxylation is 1. The Hall–Kier alpha value is -1.68. The first-order valence-electron chi connectivity index (χ1n) is 6.69. The molecular formula is C15H14N2O2S2. The van der Waals surface area contributed by atoms with E-state index < -0.39 is 10.0 Å². The molecule has 1 aromatic carbocycles. The van der Waals surface area contributed by atoms with E-state index in [4.69, 9.17) is 5.26 Å². The Labute approximate surface area is 128 Å². The number of thiophene rings is 1. The van der Waals surface area contributed by atoms with Crippen molar-refractivity contribution in [3.05, 3.63) is 51.7 Å². The van der Waals surface area contributed by atoms with E-state index in [-0.39, 0.29) is 10.9 Å². The van der Waals surface area contributed by atoms with Crippen LogP contribution < -0.4 is 4.72 Å². The number of nitrogens with zero attached hydrogens (tertiary/aromatic N) is 1. The Kier molecular flexibility index (Phi) is 3.81. The summed E-state index contributed by atoms with van der Waals surface area (Å²) in [5.74, 6) is 0. The van der Waals surface area contributed by atoms with Gasteiger partial charge in [0.2, 0.25) is 10.0 Å². The van der Waals surface area contributed by atoms with Crippen LogP contribution in [-0.2, 0) is 16.4 Å². The summed E-state index contributed by atoms with van der Waals surface area (Å²) >= 11 is 1.68. The zero-order valence-electron chi connectivity index (χ0n) is 11.2. The van der Waals surface area contributed by atoms with Gasteiger partial charge in [-0.2, -0.15) is 5.26 Å². The minimum Gasteiger partial charge on any atom is -0.207 e. The highest BCUT2D eigenvalue weighted by molar-refractivity contribution is 7.89. The SMILES string of the molecule is N#Cc1ccc(S(=O)(=O)NC2CCCc3sccc32)cc1. The fraction of sp³-hybridized carbons (Fsp3) is 0.267. The van der Waals surface area contributed by atoms with E-state index in [2.05, 4.69) is 4.72 Å². The zero-order valence-corrected chi connectivity index (χ0v) is 12.9. The normalized spacial score (nSPS) is 18.0. The standard InChI is InChI=1S/C15H14N2O2S2/c16-10-11-4-6-12(7-5-11)21(18,19)17-14-2-1-3-15-13(14)8-9-20-15/h4-9,14,17H,1-3H2. The molecule has 108 valence electrons. The number of hydrogen-bond donors (Lipinski definition) is 1. The lowest BCUT2D eigenvalue weighted by atomic mass is 9.95. The third-order valence-electron chi connectivity index (χ3n) is 3.64. The summed E-state index contributed by atoms with van der Waals surface area (Å²) in [5, 5.41) is 10.8. The maximum Gasteiger partial charge on any atom is 0.241 e. The minimum atomic E-state index is -3.56. The molecule has 4 nitrogen and oxygen atoms in total. The molecule has 0 saturated carbocycles. The number of sulfonamides is 1. The van der Waals surface area contributed by atoms with E-state index in [1.807, 2.05) is 17.5 Å². The highest BCUT2D eigenvalue weighted by Gasteiger charge is 2.26. The van der Waals surface area contributed by atoms with Crippen LogP contribution in [0.25, 0.3) is 0 Å². The van der Waals surface area contributed by atoms with Crippen molar-refractivity contribution in [1.29, 1.82) is 5.26 Å². The van der Waals surface area contributed by atoms with Crippen molar-refractivity contribution in [1.82, 2.24) is 4.72 Å². The molecule has 1 N–H and O–H groups in total. The quantitative estimate of drug-likeness (QED) is 0.946. The molecule has 1 heterocycles. The van der Waals surface area contributed by atoms with Crippen molar-refractivity contribution in [2.45, 2.75) is 30.2 Å². The molecule has 0 aliphatic heterocycles. The molecule has 0 saturated heterocycles. The van der Waals surface area contributed by atoms with Gasteiger partial charge in [0.25, 0.3) is 0 Å². The first-order chi connectivity index (χ1) is 10.1. The number of nitrogens with one attached hydrogen (secondary N) is 1. The van der Waals surface area contributed by atoms with Crippen molar-refractivity contribution in [3.8, 4) is 6.07 Å². The van der Waals surface area contributed by atoms with E-state index in [9.17, 15) is 8.42 Å². The minimum absolute atomic E-state index is 0.152. The van der Waals surface area contributed by atoms with Crippen LogP contribution in [-0.4, -0.2) is 8.42 Å².